The molecule has 0 atom stereocenters. The number of carbonyl (C=O) groups is 1. The van der Waals surface area contributed by atoms with Crippen molar-refractivity contribution < 1.29 is 13.2 Å². The van der Waals surface area contributed by atoms with Gasteiger partial charge in [-0.05, 0) is 43.5 Å². The highest BCUT2D eigenvalue weighted by Gasteiger charge is 2.23. The molecule has 1 heterocycles. The van der Waals surface area contributed by atoms with E-state index in [-0.39, 0.29) is 23.8 Å². The van der Waals surface area contributed by atoms with Crippen LogP contribution in [0.4, 0.5) is 5.69 Å². The van der Waals surface area contributed by atoms with E-state index >= 15 is 0 Å². The highest BCUT2D eigenvalue weighted by atomic mass is 32.2. The molecule has 0 saturated carbocycles. The largest absolute Gasteiger partial charge is 0.307 e. The number of benzene rings is 1. The van der Waals surface area contributed by atoms with Crippen LogP contribution in [-0.4, -0.2) is 43.6 Å². The van der Waals surface area contributed by atoms with Crippen LogP contribution in [0.1, 0.15) is 13.3 Å². The lowest BCUT2D eigenvalue weighted by Crippen LogP contribution is -2.34. The van der Waals surface area contributed by atoms with E-state index in [0.717, 1.165) is 6.26 Å². The van der Waals surface area contributed by atoms with Crippen molar-refractivity contribution in [2.45, 2.75) is 24.8 Å². The molecule has 2 rings (SSSR count). The molecule has 0 radical (unpaired) electrons. The molecule has 0 saturated heterocycles. The fraction of sp³-hybridized carbons (Fsp3) is 0.250. The number of sulfone groups is 1. The van der Waals surface area contributed by atoms with E-state index in [0.29, 0.717) is 23.5 Å². The van der Waals surface area contributed by atoms with Gasteiger partial charge >= 0.3 is 0 Å². The van der Waals surface area contributed by atoms with Gasteiger partial charge in [-0.1, -0.05) is 18.7 Å². The second-order valence-corrected chi connectivity index (χ2v) is 8.33. The molecule has 0 spiro atoms. The number of hydrogen-bond donors (Lipinski definition) is 0. The Morgan fingerprint density at radius 3 is 2.64 bits per heavy atom. The van der Waals surface area contributed by atoms with Crippen molar-refractivity contribution >= 4 is 28.1 Å². The molecule has 0 fully saturated rings. The standard InChI is InChI=1S/C20H24N4O3S/c1-16(14-17(2)21-3)15-24(20(25)10-13-23-12-7-11-22-23)18-8-5-6-9-19(18)28(4,26)27/h5-9,11-12,14H,1,3,10,13,15H2,2,4H3/b17-14+. The third-order valence-corrected chi connectivity index (χ3v) is 5.14. The number of aliphatic imine (C=N–C) groups is 1. The van der Waals surface area contributed by atoms with Crippen molar-refractivity contribution in [1.29, 1.82) is 0 Å². The average molecular weight is 401 g/mol. The number of hydrogen-bond acceptors (Lipinski definition) is 5. The summed E-state index contributed by atoms with van der Waals surface area (Å²) < 4.78 is 26.1. The quantitative estimate of drug-likeness (QED) is 0.478. The Kier molecular flexibility index (Phi) is 7.06. The van der Waals surface area contributed by atoms with Crippen LogP contribution in [0.15, 0.2) is 76.5 Å². The fourth-order valence-corrected chi connectivity index (χ4v) is 3.55. The minimum atomic E-state index is -3.52. The van der Waals surface area contributed by atoms with E-state index in [1.54, 1.807) is 54.3 Å². The Bertz CT molecular complexity index is 992. The second-order valence-electron chi connectivity index (χ2n) is 6.34. The molecular formula is C20H24N4O3S. The molecule has 7 nitrogen and oxygen atoms in total. The summed E-state index contributed by atoms with van der Waals surface area (Å²) in [6.07, 6.45) is 6.40. The molecule has 1 aromatic carbocycles. The first-order chi connectivity index (χ1) is 13.2. The van der Waals surface area contributed by atoms with Gasteiger partial charge in [-0.2, -0.15) is 5.10 Å². The molecule has 0 bridgehead atoms. The van der Waals surface area contributed by atoms with Crippen LogP contribution >= 0.6 is 0 Å². The molecule has 2 aromatic rings. The van der Waals surface area contributed by atoms with E-state index in [1.807, 2.05) is 0 Å². The summed E-state index contributed by atoms with van der Waals surface area (Å²) in [6.45, 7) is 9.72. The number of para-hydroxylation sites is 1. The molecule has 0 aliphatic rings. The Balaban J connectivity index is 2.37. The lowest BCUT2D eigenvalue weighted by Gasteiger charge is -2.25. The van der Waals surface area contributed by atoms with Gasteiger partial charge in [0.15, 0.2) is 9.84 Å². The number of aromatic nitrogens is 2. The van der Waals surface area contributed by atoms with Crippen LogP contribution in [0.3, 0.4) is 0 Å². The maximum atomic E-state index is 13.0. The van der Waals surface area contributed by atoms with Crippen molar-refractivity contribution in [3.05, 3.63) is 66.7 Å². The Morgan fingerprint density at radius 1 is 1.32 bits per heavy atom. The summed E-state index contributed by atoms with van der Waals surface area (Å²) in [5.74, 6) is -0.231. The number of rotatable bonds is 9. The Hall–Kier alpha value is -3.00. The highest BCUT2D eigenvalue weighted by Crippen LogP contribution is 2.26. The molecule has 0 N–H and O–H groups in total. The SMILES string of the molecule is C=N/C(C)=C/C(=C)CN(C(=O)CCn1cccn1)c1ccccc1S(C)(=O)=O. The molecule has 1 aromatic heterocycles. The van der Waals surface area contributed by atoms with Crippen LogP contribution in [0, 0.1) is 0 Å². The van der Waals surface area contributed by atoms with E-state index in [4.69, 9.17) is 0 Å². The maximum Gasteiger partial charge on any atom is 0.229 e. The monoisotopic (exact) mass is 400 g/mol. The zero-order valence-corrected chi connectivity index (χ0v) is 16.9. The summed E-state index contributed by atoms with van der Waals surface area (Å²) in [7, 11) is -3.52. The van der Waals surface area contributed by atoms with Crippen LogP contribution in [0.5, 0.6) is 0 Å². The minimum Gasteiger partial charge on any atom is -0.307 e. The van der Waals surface area contributed by atoms with Crippen LogP contribution < -0.4 is 4.90 Å². The number of carbonyl (C=O) groups excluding carboxylic acids is 1. The molecule has 1 amide bonds. The number of nitrogens with zero attached hydrogens (tertiary/aromatic N) is 4. The summed E-state index contributed by atoms with van der Waals surface area (Å²) in [4.78, 5) is 18.4. The highest BCUT2D eigenvalue weighted by molar-refractivity contribution is 7.90. The van der Waals surface area contributed by atoms with E-state index in [1.165, 1.54) is 11.0 Å². The van der Waals surface area contributed by atoms with Crippen LogP contribution in [0.25, 0.3) is 0 Å². The summed E-state index contributed by atoms with van der Waals surface area (Å²) in [5, 5.41) is 4.09. The zero-order chi connectivity index (χ0) is 20.7. The van der Waals surface area contributed by atoms with Crippen molar-refractivity contribution in [2.75, 3.05) is 17.7 Å². The lowest BCUT2D eigenvalue weighted by molar-refractivity contribution is -0.118. The van der Waals surface area contributed by atoms with Gasteiger partial charge < -0.3 is 4.90 Å². The van der Waals surface area contributed by atoms with Gasteiger partial charge in [-0.25, -0.2) is 8.42 Å². The minimum absolute atomic E-state index is 0.0952. The number of amides is 1. The van der Waals surface area contributed by atoms with Crippen molar-refractivity contribution in [1.82, 2.24) is 9.78 Å². The second kappa shape index (κ2) is 9.27. The maximum absolute atomic E-state index is 13.0. The molecule has 8 heteroatoms. The summed E-state index contributed by atoms with van der Waals surface area (Å²) in [5.41, 5.74) is 1.60. The van der Waals surface area contributed by atoms with Gasteiger partial charge in [0, 0.05) is 37.3 Å². The molecule has 28 heavy (non-hydrogen) atoms. The van der Waals surface area contributed by atoms with E-state index in [9.17, 15) is 13.2 Å². The van der Waals surface area contributed by atoms with Gasteiger partial charge in [-0.15, -0.1) is 0 Å². The molecule has 0 aliphatic carbocycles. The van der Waals surface area contributed by atoms with Crippen LogP contribution in [0.2, 0.25) is 0 Å². The predicted molar refractivity (Wildman–Crippen MR) is 111 cm³/mol. The van der Waals surface area contributed by atoms with E-state index in [2.05, 4.69) is 23.4 Å². The first-order valence-electron chi connectivity index (χ1n) is 8.62. The van der Waals surface area contributed by atoms with E-state index < -0.39 is 9.84 Å². The predicted octanol–water partition coefficient (Wildman–Crippen LogP) is 2.87. The van der Waals surface area contributed by atoms with Gasteiger partial charge in [-0.3, -0.25) is 14.5 Å². The lowest BCUT2D eigenvalue weighted by atomic mass is 10.2. The topological polar surface area (TPSA) is 84.6 Å². The number of aryl methyl sites for hydroxylation is 1. The smallest absolute Gasteiger partial charge is 0.229 e. The van der Waals surface area contributed by atoms with Crippen molar-refractivity contribution in [3.8, 4) is 0 Å². The zero-order valence-electron chi connectivity index (χ0n) is 16.1. The van der Waals surface area contributed by atoms with Crippen LogP contribution in [-0.2, 0) is 21.2 Å². The summed E-state index contributed by atoms with van der Waals surface area (Å²) in [6, 6.07) is 8.23. The third kappa shape index (κ3) is 5.75. The van der Waals surface area contributed by atoms with Crippen molar-refractivity contribution in [3.63, 3.8) is 0 Å². The first kappa shape index (κ1) is 21.3. The third-order valence-electron chi connectivity index (χ3n) is 3.99. The average Bonchev–Trinajstić information content (AvgIpc) is 3.17. The number of anilines is 1. The molecule has 0 unspecified atom stereocenters. The first-order valence-corrected chi connectivity index (χ1v) is 10.5. The Morgan fingerprint density at radius 2 is 2.04 bits per heavy atom. The Labute approximate surface area is 165 Å². The normalized spacial score (nSPS) is 11.9. The summed E-state index contributed by atoms with van der Waals surface area (Å²) >= 11 is 0. The van der Waals surface area contributed by atoms with Gasteiger partial charge in [0.05, 0.1) is 17.1 Å². The number of allylic oxidation sites excluding steroid dienone is 1. The van der Waals surface area contributed by atoms with Gasteiger partial charge in [0.2, 0.25) is 5.91 Å². The molecule has 0 aliphatic heterocycles. The molecular weight excluding hydrogens is 376 g/mol. The van der Waals surface area contributed by atoms with Gasteiger partial charge in [0.1, 0.15) is 0 Å². The fourth-order valence-electron chi connectivity index (χ4n) is 2.67. The molecule has 148 valence electrons. The van der Waals surface area contributed by atoms with Gasteiger partial charge in [0.25, 0.3) is 0 Å². The van der Waals surface area contributed by atoms with Crippen molar-refractivity contribution in [2.24, 2.45) is 4.99 Å².